The number of rotatable bonds is 2. The Morgan fingerprint density at radius 2 is 2.50 bits per heavy atom. The number of furan rings is 1. The van der Waals surface area contributed by atoms with E-state index >= 15 is 0 Å². The molecular formula is C11H11NO2. The number of nitrogens with zero attached hydrogens (tertiary/aromatic N) is 1. The van der Waals surface area contributed by atoms with E-state index in [1.165, 1.54) is 6.26 Å². The van der Waals surface area contributed by atoms with Crippen molar-refractivity contribution in [3.05, 3.63) is 35.8 Å². The Balaban J connectivity index is 2.17. The summed E-state index contributed by atoms with van der Waals surface area (Å²) in [5, 5.41) is 18.7. The topological polar surface area (TPSA) is 57.2 Å². The lowest BCUT2D eigenvalue weighted by molar-refractivity contribution is 0.104. The third-order valence-electron chi connectivity index (χ3n) is 2.59. The molecular weight excluding hydrogens is 178 g/mol. The third-order valence-corrected chi connectivity index (χ3v) is 2.59. The molecule has 0 aromatic carbocycles. The maximum atomic E-state index is 9.93. The number of allylic oxidation sites excluding steroid dienone is 1. The lowest BCUT2D eigenvalue weighted by Gasteiger charge is -2.15. The first-order chi connectivity index (χ1) is 6.83. The van der Waals surface area contributed by atoms with Crippen molar-refractivity contribution in [3.63, 3.8) is 0 Å². The van der Waals surface area contributed by atoms with E-state index in [2.05, 4.69) is 6.07 Å². The Kier molecular flexibility index (Phi) is 2.38. The maximum Gasteiger partial charge on any atom is 0.132 e. The van der Waals surface area contributed by atoms with E-state index < -0.39 is 6.10 Å². The highest BCUT2D eigenvalue weighted by Gasteiger charge is 2.29. The zero-order chi connectivity index (χ0) is 9.97. The molecule has 3 heteroatoms. The van der Waals surface area contributed by atoms with Gasteiger partial charge in [0, 0.05) is 11.5 Å². The predicted molar refractivity (Wildman–Crippen MR) is 50.1 cm³/mol. The Morgan fingerprint density at radius 1 is 1.64 bits per heavy atom. The Hall–Kier alpha value is -1.53. The van der Waals surface area contributed by atoms with Gasteiger partial charge in [0.1, 0.15) is 11.9 Å². The molecule has 0 amide bonds. The number of hydrogen-bond donors (Lipinski definition) is 1. The summed E-state index contributed by atoms with van der Waals surface area (Å²) < 4.78 is 5.11. The minimum Gasteiger partial charge on any atom is -0.467 e. The SMILES string of the molecule is N#CC1=CCC[C@@H]1[C@@H](O)c1ccco1. The average molecular weight is 189 g/mol. The molecule has 72 valence electrons. The summed E-state index contributed by atoms with van der Waals surface area (Å²) in [6.45, 7) is 0. The minimum absolute atomic E-state index is 0.0915. The van der Waals surface area contributed by atoms with E-state index in [-0.39, 0.29) is 5.92 Å². The van der Waals surface area contributed by atoms with Crippen molar-refractivity contribution < 1.29 is 9.52 Å². The fraction of sp³-hybridized carbons (Fsp3) is 0.364. The first-order valence-corrected chi connectivity index (χ1v) is 4.64. The molecule has 0 unspecified atom stereocenters. The summed E-state index contributed by atoms with van der Waals surface area (Å²) in [6.07, 6.45) is 4.43. The first kappa shape index (κ1) is 9.04. The standard InChI is InChI=1S/C11H11NO2/c12-7-8-3-1-4-9(8)11(13)10-5-2-6-14-10/h2-3,5-6,9,11,13H,1,4H2/t9-,11+/m0/s1. The highest BCUT2D eigenvalue weighted by atomic mass is 16.4. The fourth-order valence-electron chi connectivity index (χ4n) is 1.84. The molecule has 1 aliphatic carbocycles. The van der Waals surface area contributed by atoms with Gasteiger partial charge in [-0.3, -0.25) is 0 Å². The Morgan fingerprint density at radius 3 is 3.14 bits per heavy atom. The molecule has 0 saturated carbocycles. The van der Waals surface area contributed by atoms with Crippen molar-refractivity contribution in [1.82, 2.24) is 0 Å². The third kappa shape index (κ3) is 1.45. The maximum absolute atomic E-state index is 9.93. The molecule has 0 saturated heterocycles. The molecule has 1 aromatic heterocycles. The van der Waals surface area contributed by atoms with Crippen LogP contribution in [-0.4, -0.2) is 5.11 Å². The highest BCUT2D eigenvalue weighted by molar-refractivity contribution is 5.29. The zero-order valence-electron chi connectivity index (χ0n) is 7.68. The smallest absolute Gasteiger partial charge is 0.132 e. The van der Waals surface area contributed by atoms with Gasteiger partial charge in [-0.15, -0.1) is 0 Å². The summed E-state index contributed by atoms with van der Waals surface area (Å²) in [5.74, 6) is 0.448. The quantitative estimate of drug-likeness (QED) is 0.775. The molecule has 0 radical (unpaired) electrons. The Bertz CT molecular complexity index is 372. The number of aliphatic hydroxyl groups excluding tert-OH is 1. The molecule has 14 heavy (non-hydrogen) atoms. The summed E-state index contributed by atoms with van der Waals surface area (Å²) in [6, 6.07) is 5.59. The average Bonchev–Trinajstić information content (AvgIpc) is 2.87. The molecule has 0 fully saturated rings. The lowest BCUT2D eigenvalue weighted by Crippen LogP contribution is -2.10. The molecule has 0 bridgehead atoms. The highest BCUT2D eigenvalue weighted by Crippen LogP contribution is 2.36. The lowest BCUT2D eigenvalue weighted by atomic mass is 9.94. The molecule has 3 nitrogen and oxygen atoms in total. The van der Waals surface area contributed by atoms with Crippen LogP contribution in [0.2, 0.25) is 0 Å². The van der Waals surface area contributed by atoms with Crippen molar-refractivity contribution in [1.29, 1.82) is 5.26 Å². The molecule has 1 aromatic rings. The summed E-state index contributed by atoms with van der Waals surface area (Å²) >= 11 is 0. The molecule has 0 aliphatic heterocycles. The summed E-state index contributed by atoms with van der Waals surface area (Å²) in [4.78, 5) is 0. The second-order valence-electron chi connectivity index (χ2n) is 3.42. The van der Waals surface area contributed by atoms with Crippen LogP contribution in [0, 0.1) is 17.2 Å². The van der Waals surface area contributed by atoms with Crippen LogP contribution in [0.1, 0.15) is 24.7 Å². The molecule has 1 N–H and O–H groups in total. The normalized spacial score (nSPS) is 22.9. The number of hydrogen-bond acceptors (Lipinski definition) is 3. The fourth-order valence-corrected chi connectivity index (χ4v) is 1.84. The van der Waals surface area contributed by atoms with E-state index in [4.69, 9.17) is 9.68 Å². The molecule has 1 aliphatic rings. The van der Waals surface area contributed by atoms with Gasteiger partial charge >= 0.3 is 0 Å². The van der Waals surface area contributed by atoms with Crippen molar-refractivity contribution in [3.8, 4) is 6.07 Å². The van der Waals surface area contributed by atoms with Gasteiger partial charge in [-0.25, -0.2) is 0 Å². The van der Waals surface area contributed by atoms with Gasteiger partial charge in [-0.1, -0.05) is 6.08 Å². The van der Waals surface area contributed by atoms with Gasteiger partial charge in [0.2, 0.25) is 0 Å². The second kappa shape index (κ2) is 3.69. The van der Waals surface area contributed by atoms with Crippen LogP contribution in [-0.2, 0) is 0 Å². The van der Waals surface area contributed by atoms with Crippen LogP contribution in [0.15, 0.2) is 34.5 Å². The van der Waals surface area contributed by atoms with Crippen LogP contribution in [0.4, 0.5) is 0 Å². The van der Waals surface area contributed by atoms with Gasteiger partial charge in [0.15, 0.2) is 0 Å². The largest absolute Gasteiger partial charge is 0.467 e. The molecule has 2 atom stereocenters. The van der Waals surface area contributed by atoms with Crippen LogP contribution in [0.3, 0.4) is 0 Å². The summed E-state index contributed by atoms with van der Waals surface area (Å²) in [5.41, 5.74) is 0.675. The monoisotopic (exact) mass is 189 g/mol. The van der Waals surface area contributed by atoms with Crippen molar-refractivity contribution in [2.75, 3.05) is 0 Å². The van der Waals surface area contributed by atoms with E-state index in [0.29, 0.717) is 11.3 Å². The van der Waals surface area contributed by atoms with Gasteiger partial charge in [-0.2, -0.15) is 5.26 Å². The van der Waals surface area contributed by atoms with Gasteiger partial charge in [0.25, 0.3) is 0 Å². The van der Waals surface area contributed by atoms with E-state index in [1.54, 1.807) is 12.1 Å². The van der Waals surface area contributed by atoms with Crippen molar-refractivity contribution in [2.45, 2.75) is 18.9 Å². The van der Waals surface area contributed by atoms with Crippen molar-refractivity contribution >= 4 is 0 Å². The van der Waals surface area contributed by atoms with Gasteiger partial charge < -0.3 is 9.52 Å². The van der Waals surface area contributed by atoms with E-state index in [1.807, 2.05) is 6.08 Å². The van der Waals surface area contributed by atoms with Gasteiger partial charge in [-0.05, 0) is 25.0 Å². The zero-order valence-corrected chi connectivity index (χ0v) is 7.68. The minimum atomic E-state index is -0.682. The van der Waals surface area contributed by atoms with Crippen molar-refractivity contribution in [2.24, 2.45) is 5.92 Å². The van der Waals surface area contributed by atoms with Crippen LogP contribution in [0.5, 0.6) is 0 Å². The van der Waals surface area contributed by atoms with E-state index in [0.717, 1.165) is 12.8 Å². The summed E-state index contributed by atoms with van der Waals surface area (Å²) in [7, 11) is 0. The molecule has 1 heterocycles. The second-order valence-corrected chi connectivity index (χ2v) is 3.42. The number of nitriles is 1. The van der Waals surface area contributed by atoms with Crippen LogP contribution >= 0.6 is 0 Å². The first-order valence-electron chi connectivity index (χ1n) is 4.64. The molecule has 0 spiro atoms. The predicted octanol–water partition coefficient (Wildman–Crippen LogP) is 2.17. The Labute approximate surface area is 82.3 Å². The van der Waals surface area contributed by atoms with Gasteiger partial charge in [0.05, 0.1) is 12.3 Å². The van der Waals surface area contributed by atoms with E-state index in [9.17, 15) is 5.11 Å². The van der Waals surface area contributed by atoms with Crippen LogP contribution < -0.4 is 0 Å². The number of aliphatic hydroxyl groups is 1. The van der Waals surface area contributed by atoms with Crippen LogP contribution in [0.25, 0.3) is 0 Å². The molecule has 2 rings (SSSR count).